The number of nitrogens with one attached hydrogen (secondary N) is 1. The molecule has 1 heterocycles. The first-order chi connectivity index (χ1) is 9.29. The van der Waals surface area contributed by atoms with E-state index >= 15 is 0 Å². The molecular formula is C10H12BF4N3S2. The van der Waals surface area contributed by atoms with Crippen molar-refractivity contribution in [3.05, 3.63) is 30.3 Å². The number of aryl methyl sites for hydroxylation is 1. The largest absolute Gasteiger partial charge is 0.673 e. The zero-order valence-corrected chi connectivity index (χ0v) is 12.3. The first-order valence-corrected chi connectivity index (χ1v) is 7.44. The standard InChI is InChI=1S/C10H12N3S2.BF4/c1-13-10(14-2)15-9(12-13)11-8-6-4-3-5-7-8;2-1(3,4)5/h3-7H,1-2H3,(H,11,12);/q+1;-1. The third kappa shape index (κ3) is 6.76. The number of para-hydroxylation sites is 1. The Morgan fingerprint density at radius 2 is 1.75 bits per heavy atom. The molecule has 3 nitrogen and oxygen atoms in total. The van der Waals surface area contributed by atoms with Crippen molar-refractivity contribution in [1.82, 2.24) is 5.10 Å². The zero-order chi connectivity index (χ0) is 15.2. The van der Waals surface area contributed by atoms with Gasteiger partial charge in [0.05, 0.1) is 0 Å². The summed E-state index contributed by atoms with van der Waals surface area (Å²) in [4.78, 5) is 0. The highest BCUT2D eigenvalue weighted by Gasteiger charge is 2.20. The van der Waals surface area contributed by atoms with Gasteiger partial charge in [0.25, 0.3) is 5.13 Å². The molecule has 2 rings (SSSR count). The van der Waals surface area contributed by atoms with E-state index in [0.717, 1.165) is 10.8 Å². The van der Waals surface area contributed by atoms with Gasteiger partial charge in [0, 0.05) is 10.8 Å². The number of thioether (sulfide) groups is 1. The summed E-state index contributed by atoms with van der Waals surface area (Å²) in [7, 11) is -4.04. The summed E-state index contributed by atoms with van der Waals surface area (Å²) in [5.74, 6) is 0. The average molecular weight is 325 g/mol. The molecule has 0 aliphatic rings. The minimum atomic E-state index is -6.00. The molecule has 110 valence electrons. The number of rotatable bonds is 3. The van der Waals surface area contributed by atoms with Crippen molar-refractivity contribution in [2.45, 2.75) is 4.34 Å². The molecule has 1 N–H and O–H groups in total. The van der Waals surface area contributed by atoms with Gasteiger partial charge in [0.1, 0.15) is 0 Å². The Hall–Kier alpha value is -1.29. The maximum absolute atomic E-state index is 9.75. The van der Waals surface area contributed by atoms with E-state index in [0.29, 0.717) is 0 Å². The summed E-state index contributed by atoms with van der Waals surface area (Å²) in [6.45, 7) is 0. The highest BCUT2D eigenvalue weighted by atomic mass is 32.2. The van der Waals surface area contributed by atoms with E-state index in [9.17, 15) is 17.3 Å². The summed E-state index contributed by atoms with van der Waals surface area (Å²) < 4.78 is 42.1. The van der Waals surface area contributed by atoms with Gasteiger partial charge in [-0.3, -0.25) is 0 Å². The van der Waals surface area contributed by atoms with Crippen molar-refractivity contribution in [2.75, 3.05) is 11.6 Å². The van der Waals surface area contributed by atoms with Crippen LogP contribution in [0.25, 0.3) is 0 Å². The van der Waals surface area contributed by atoms with E-state index in [2.05, 4.69) is 16.7 Å². The second-order valence-corrected chi connectivity index (χ2v) is 5.52. The Morgan fingerprint density at radius 3 is 2.20 bits per heavy atom. The summed E-state index contributed by atoms with van der Waals surface area (Å²) in [6, 6.07) is 10.1. The van der Waals surface area contributed by atoms with Crippen molar-refractivity contribution in [3.8, 4) is 0 Å². The molecule has 0 atom stereocenters. The Labute approximate surface area is 122 Å². The maximum Gasteiger partial charge on any atom is 0.673 e. The van der Waals surface area contributed by atoms with Crippen LogP contribution in [0.15, 0.2) is 34.7 Å². The van der Waals surface area contributed by atoms with Crippen LogP contribution in [0.3, 0.4) is 0 Å². The third-order valence-electron chi connectivity index (χ3n) is 1.89. The molecule has 0 fully saturated rings. The highest BCUT2D eigenvalue weighted by Crippen LogP contribution is 2.24. The zero-order valence-electron chi connectivity index (χ0n) is 10.7. The Kier molecular flexibility index (Phi) is 6.28. The molecule has 20 heavy (non-hydrogen) atoms. The first-order valence-electron chi connectivity index (χ1n) is 5.40. The van der Waals surface area contributed by atoms with Crippen LogP contribution in [0.4, 0.5) is 28.1 Å². The number of halogens is 4. The van der Waals surface area contributed by atoms with E-state index < -0.39 is 7.25 Å². The van der Waals surface area contributed by atoms with Gasteiger partial charge < -0.3 is 22.6 Å². The molecule has 1 aromatic carbocycles. The molecule has 0 aliphatic carbocycles. The van der Waals surface area contributed by atoms with Gasteiger partial charge in [0.15, 0.2) is 7.05 Å². The Balaban J connectivity index is 0.000000347. The minimum absolute atomic E-state index is 0.924. The van der Waals surface area contributed by atoms with Crippen LogP contribution in [-0.4, -0.2) is 18.6 Å². The first kappa shape index (κ1) is 16.8. The van der Waals surface area contributed by atoms with Crippen molar-refractivity contribution >= 4 is 41.2 Å². The monoisotopic (exact) mass is 325 g/mol. The van der Waals surface area contributed by atoms with Crippen LogP contribution >= 0.6 is 23.1 Å². The molecule has 0 unspecified atom stereocenters. The number of benzene rings is 1. The van der Waals surface area contributed by atoms with Crippen molar-refractivity contribution < 1.29 is 21.9 Å². The summed E-state index contributed by atoms with van der Waals surface area (Å²) >= 11 is 3.36. The highest BCUT2D eigenvalue weighted by molar-refractivity contribution is 8.00. The molecule has 0 amide bonds. The van der Waals surface area contributed by atoms with Gasteiger partial charge >= 0.3 is 11.6 Å². The van der Waals surface area contributed by atoms with Crippen LogP contribution < -0.4 is 10.00 Å². The average Bonchev–Trinajstić information content (AvgIpc) is 2.68. The fourth-order valence-electron chi connectivity index (χ4n) is 1.22. The lowest BCUT2D eigenvalue weighted by molar-refractivity contribution is -0.757. The van der Waals surface area contributed by atoms with Crippen molar-refractivity contribution in [1.29, 1.82) is 0 Å². The van der Waals surface area contributed by atoms with Crippen LogP contribution in [0.2, 0.25) is 0 Å². The lowest BCUT2D eigenvalue weighted by Crippen LogP contribution is -2.31. The van der Waals surface area contributed by atoms with E-state index in [1.54, 1.807) is 23.1 Å². The maximum atomic E-state index is 9.75. The molecule has 0 radical (unpaired) electrons. The number of hydrogen-bond donors (Lipinski definition) is 1. The molecule has 0 bridgehead atoms. The van der Waals surface area contributed by atoms with Crippen LogP contribution in [0, 0.1) is 0 Å². The summed E-state index contributed by atoms with van der Waals surface area (Å²) in [5, 5.41) is 8.58. The second-order valence-electron chi connectivity index (χ2n) is 3.49. The summed E-state index contributed by atoms with van der Waals surface area (Å²) in [6.07, 6.45) is 2.06. The van der Waals surface area contributed by atoms with Crippen LogP contribution in [0.1, 0.15) is 0 Å². The van der Waals surface area contributed by atoms with Gasteiger partial charge in [-0.1, -0.05) is 22.9 Å². The predicted octanol–water partition coefficient (Wildman–Crippen LogP) is 3.73. The van der Waals surface area contributed by atoms with Gasteiger partial charge in [-0.25, -0.2) is 0 Å². The number of hydrogen-bond acceptors (Lipinski definition) is 4. The van der Waals surface area contributed by atoms with E-state index in [4.69, 9.17) is 0 Å². The molecular weight excluding hydrogens is 313 g/mol. The van der Waals surface area contributed by atoms with Crippen LogP contribution in [0.5, 0.6) is 0 Å². The second kappa shape index (κ2) is 7.48. The van der Waals surface area contributed by atoms with Crippen molar-refractivity contribution in [2.24, 2.45) is 7.05 Å². The fraction of sp³-hybridized carbons (Fsp3) is 0.200. The van der Waals surface area contributed by atoms with E-state index in [1.807, 2.05) is 42.1 Å². The lowest BCUT2D eigenvalue weighted by atomic mass is 10.3. The van der Waals surface area contributed by atoms with Gasteiger partial charge in [-0.2, -0.15) is 0 Å². The van der Waals surface area contributed by atoms with Gasteiger partial charge in [-0.15, -0.1) is 0 Å². The molecule has 2 aromatic rings. The Morgan fingerprint density at radius 1 is 1.20 bits per heavy atom. The summed E-state index contributed by atoms with van der Waals surface area (Å²) in [5.41, 5.74) is 1.07. The number of anilines is 2. The fourth-order valence-corrected chi connectivity index (χ4v) is 2.76. The lowest BCUT2D eigenvalue weighted by Gasteiger charge is -1.97. The number of aromatic nitrogens is 2. The smallest absolute Gasteiger partial charge is 0.418 e. The molecule has 0 saturated heterocycles. The Bertz CT molecular complexity index is 527. The minimum Gasteiger partial charge on any atom is -0.418 e. The molecule has 0 aliphatic heterocycles. The molecule has 0 spiro atoms. The molecule has 1 aromatic heterocycles. The normalized spacial score (nSPS) is 10.7. The number of nitrogens with zero attached hydrogens (tertiary/aromatic N) is 2. The predicted molar refractivity (Wildman–Crippen MR) is 75.0 cm³/mol. The topological polar surface area (TPSA) is 28.8 Å². The quantitative estimate of drug-likeness (QED) is 0.403. The molecule has 0 saturated carbocycles. The molecule has 10 heteroatoms. The van der Waals surface area contributed by atoms with Gasteiger partial charge in [0.2, 0.25) is 0 Å². The van der Waals surface area contributed by atoms with Crippen LogP contribution in [-0.2, 0) is 7.05 Å². The SMILES string of the molecule is CSc1sc(Nc2ccccc2)n[n+]1C.F[B-](F)(F)F. The van der Waals surface area contributed by atoms with E-state index in [1.165, 1.54) is 4.34 Å². The van der Waals surface area contributed by atoms with Crippen molar-refractivity contribution in [3.63, 3.8) is 0 Å². The van der Waals surface area contributed by atoms with Gasteiger partial charge in [-0.05, 0) is 41.5 Å². The third-order valence-corrected chi connectivity index (χ3v) is 4.07. The van der Waals surface area contributed by atoms with E-state index in [-0.39, 0.29) is 0 Å².